The van der Waals surface area contributed by atoms with Crippen molar-refractivity contribution in [3.05, 3.63) is 57.8 Å². The maximum absolute atomic E-state index is 14.9. The Morgan fingerprint density at radius 3 is 2.45 bits per heavy atom. The molecular weight excluding hydrogens is 528 g/mol. The minimum atomic E-state index is -5.22. The molecule has 178 valence electrons. The molecule has 0 aliphatic rings. The zero-order valence-corrected chi connectivity index (χ0v) is 20.4. The zero-order chi connectivity index (χ0) is 24.8. The summed E-state index contributed by atoms with van der Waals surface area (Å²) in [6, 6.07) is 10.2. The molecule has 0 aliphatic heterocycles. The third-order valence-electron chi connectivity index (χ3n) is 4.96. The number of benzene rings is 2. The second-order valence-corrected chi connectivity index (χ2v) is 9.02. The van der Waals surface area contributed by atoms with Crippen LogP contribution in [-0.4, -0.2) is 42.7 Å². The predicted molar refractivity (Wildman–Crippen MR) is 121 cm³/mol. The molecular formula is C22H21BrF4N2O3S. The number of thioether (sulfide) groups is 1. The monoisotopic (exact) mass is 548 g/mol. The summed E-state index contributed by atoms with van der Waals surface area (Å²) >= 11 is 4.21. The Labute approximate surface area is 201 Å². The Hall–Kier alpha value is -2.45. The van der Waals surface area contributed by atoms with Crippen LogP contribution in [0.4, 0.5) is 17.6 Å². The van der Waals surface area contributed by atoms with E-state index < -0.39 is 30.0 Å². The summed E-state index contributed by atoms with van der Waals surface area (Å²) in [6.45, 7) is 0.822. The van der Waals surface area contributed by atoms with Crippen molar-refractivity contribution in [1.82, 2.24) is 4.90 Å². The number of nitriles is 1. The molecule has 2 rings (SSSR count). The number of nitrogens with zero attached hydrogens (tertiary/aromatic N) is 2. The van der Waals surface area contributed by atoms with E-state index in [1.807, 2.05) is 6.07 Å². The fourth-order valence-corrected chi connectivity index (χ4v) is 4.55. The summed E-state index contributed by atoms with van der Waals surface area (Å²) in [4.78, 5) is 13.2. The molecule has 1 atom stereocenters. The van der Waals surface area contributed by atoms with Crippen LogP contribution in [0.15, 0.2) is 40.9 Å². The average molecular weight is 549 g/mol. The van der Waals surface area contributed by atoms with Gasteiger partial charge in [0, 0.05) is 27.4 Å². The summed E-state index contributed by atoms with van der Waals surface area (Å²) in [6.07, 6.45) is -5.22. The van der Waals surface area contributed by atoms with Crippen molar-refractivity contribution in [3.8, 4) is 17.6 Å². The van der Waals surface area contributed by atoms with E-state index in [4.69, 9.17) is 14.7 Å². The Morgan fingerprint density at radius 1 is 1.18 bits per heavy atom. The van der Waals surface area contributed by atoms with E-state index >= 15 is 0 Å². The van der Waals surface area contributed by atoms with Crippen molar-refractivity contribution in [2.45, 2.75) is 25.2 Å². The fraction of sp³-hybridized carbons (Fsp3) is 0.364. The highest BCUT2D eigenvalue weighted by Gasteiger charge is 2.50. The quantitative estimate of drug-likeness (QED) is 0.298. The molecule has 0 radical (unpaired) electrons. The minimum Gasteiger partial charge on any atom is -0.497 e. The molecule has 0 bridgehead atoms. The van der Waals surface area contributed by atoms with Gasteiger partial charge in [-0.2, -0.15) is 18.4 Å². The standard InChI is InChI=1S/C22H21BrF4N2O3S/c1-21(13-33-9-8-28,17-10-15(23)5-7-18(17)24)29(20(30)22(25,26)27)12-14-4-6-16(31-2)11-19(14)32-3/h4-7,10-11H,9,12-13H2,1-3H3. The molecule has 0 heterocycles. The first-order chi connectivity index (χ1) is 15.5. The van der Waals surface area contributed by atoms with E-state index in [9.17, 15) is 22.4 Å². The molecule has 0 fully saturated rings. The lowest BCUT2D eigenvalue weighted by Gasteiger charge is -2.42. The number of alkyl halides is 3. The summed E-state index contributed by atoms with van der Waals surface area (Å²) in [5.74, 6) is -2.51. The number of carbonyl (C=O) groups is 1. The van der Waals surface area contributed by atoms with E-state index in [1.54, 1.807) is 0 Å². The first-order valence-electron chi connectivity index (χ1n) is 9.47. The van der Waals surface area contributed by atoms with Crippen molar-refractivity contribution in [2.24, 2.45) is 0 Å². The molecule has 2 aromatic carbocycles. The highest BCUT2D eigenvalue weighted by molar-refractivity contribution is 9.10. The van der Waals surface area contributed by atoms with Crippen LogP contribution >= 0.6 is 27.7 Å². The smallest absolute Gasteiger partial charge is 0.471 e. The lowest BCUT2D eigenvalue weighted by atomic mass is 9.90. The molecule has 1 unspecified atom stereocenters. The fourth-order valence-electron chi connectivity index (χ4n) is 3.28. The maximum Gasteiger partial charge on any atom is 0.471 e. The van der Waals surface area contributed by atoms with Gasteiger partial charge in [0.15, 0.2) is 0 Å². The van der Waals surface area contributed by atoms with Crippen LogP contribution in [0.2, 0.25) is 0 Å². The maximum atomic E-state index is 14.9. The summed E-state index contributed by atoms with van der Waals surface area (Å²) in [5.41, 5.74) is -1.61. The van der Waals surface area contributed by atoms with Crippen LogP contribution in [0.3, 0.4) is 0 Å². The van der Waals surface area contributed by atoms with Gasteiger partial charge in [0.2, 0.25) is 0 Å². The molecule has 33 heavy (non-hydrogen) atoms. The summed E-state index contributed by atoms with van der Waals surface area (Å²) < 4.78 is 66.9. The number of rotatable bonds is 9. The van der Waals surface area contributed by atoms with Crippen molar-refractivity contribution in [2.75, 3.05) is 25.7 Å². The Bertz CT molecular complexity index is 1050. The Balaban J connectivity index is 2.70. The van der Waals surface area contributed by atoms with E-state index in [1.165, 1.54) is 51.5 Å². The second kappa shape index (κ2) is 11.1. The van der Waals surface area contributed by atoms with Crippen LogP contribution in [0, 0.1) is 17.1 Å². The Morgan fingerprint density at radius 2 is 1.88 bits per heavy atom. The average Bonchev–Trinajstić information content (AvgIpc) is 2.77. The molecule has 11 heteroatoms. The SMILES string of the molecule is COc1ccc(CN(C(=O)C(F)(F)F)C(C)(CSCC#N)c2cc(Br)ccc2F)c(OC)c1. The van der Waals surface area contributed by atoms with Gasteiger partial charge in [-0.3, -0.25) is 4.79 Å². The number of carbonyl (C=O) groups excluding carboxylic acids is 1. The first kappa shape index (κ1) is 26.8. The first-order valence-corrected chi connectivity index (χ1v) is 11.4. The largest absolute Gasteiger partial charge is 0.497 e. The predicted octanol–water partition coefficient (Wildman–Crippen LogP) is 5.67. The normalized spacial score (nSPS) is 13.1. The molecule has 0 saturated carbocycles. The molecule has 0 aliphatic carbocycles. The number of ether oxygens (including phenoxy) is 2. The van der Waals surface area contributed by atoms with Gasteiger partial charge in [0.25, 0.3) is 0 Å². The molecule has 0 aromatic heterocycles. The number of halogens is 5. The molecule has 5 nitrogen and oxygen atoms in total. The van der Waals surface area contributed by atoms with Gasteiger partial charge in [-0.15, -0.1) is 11.8 Å². The van der Waals surface area contributed by atoms with Crippen LogP contribution in [0.25, 0.3) is 0 Å². The highest BCUT2D eigenvalue weighted by atomic mass is 79.9. The van der Waals surface area contributed by atoms with Crippen molar-refractivity contribution < 1.29 is 31.8 Å². The highest BCUT2D eigenvalue weighted by Crippen LogP contribution is 2.40. The molecule has 2 aromatic rings. The van der Waals surface area contributed by atoms with E-state index in [-0.39, 0.29) is 28.4 Å². The van der Waals surface area contributed by atoms with Crippen LogP contribution in [-0.2, 0) is 16.9 Å². The third kappa shape index (κ3) is 6.32. The number of methoxy groups -OCH3 is 2. The van der Waals surface area contributed by atoms with Crippen LogP contribution < -0.4 is 9.47 Å². The molecule has 0 saturated heterocycles. The Kier molecular flexibility index (Phi) is 9.03. The van der Waals surface area contributed by atoms with Crippen molar-refractivity contribution in [1.29, 1.82) is 5.26 Å². The number of hydrogen-bond donors (Lipinski definition) is 0. The third-order valence-corrected chi connectivity index (χ3v) is 6.56. The van der Waals surface area contributed by atoms with E-state index in [0.29, 0.717) is 15.1 Å². The minimum absolute atomic E-state index is 0.0505. The van der Waals surface area contributed by atoms with Gasteiger partial charge >= 0.3 is 12.1 Å². The molecule has 0 N–H and O–H groups in total. The van der Waals surface area contributed by atoms with Gasteiger partial charge in [-0.25, -0.2) is 4.39 Å². The van der Waals surface area contributed by atoms with E-state index in [0.717, 1.165) is 17.8 Å². The van der Waals surface area contributed by atoms with Gasteiger partial charge in [0.05, 0.1) is 38.1 Å². The van der Waals surface area contributed by atoms with Crippen molar-refractivity contribution in [3.63, 3.8) is 0 Å². The molecule has 0 spiro atoms. The summed E-state index contributed by atoms with van der Waals surface area (Å²) in [7, 11) is 2.76. The van der Waals surface area contributed by atoms with Gasteiger partial charge in [-0.05, 0) is 37.3 Å². The topological polar surface area (TPSA) is 62.6 Å². The summed E-state index contributed by atoms with van der Waals surface area (Å²) in [5, 5.41) is 8.92. The second-order valence-electron chi connectivity index (χ2n) is 7.12. The lowest BCUT2D eigenvalue weighted by molar-refractivity contribution is -0.192. The van der Waals surface area contributed by atoms with Crippen LogP contribution in [0.1, 0.15) is 18.1 Å². The van der Waals surface area contributed by atoms with Gasteiger partial charge in [0.1, 0.15) is 17.3 Å². The van der Waals surface area contributed by atoms with Crippen molar-refractivity contribution >= 4 is 33.6 Å². The van der Waals surface area contributed by atoms with Gasteiger partial charge < -0.3 is 14.4 Å². The number of amides is 1. The lowest BCUT2D eigenvalue weighted by Crippen LogP contribution is -2.53. The number of hydrogen-bond acceptors (Lipinski definition) is 5. The van der Waals surface area contributed by atoms with Crippen LogP contribution in [0.5, 0.6) is 11.5 Å². The van der Waals surface area contributed by atoms with Gasteiger partial charge in [-0.1, -0.05) is 15.9 Å². The van der Waals surface area contributed by atoms with E-state index in [2.05, 4.69) is 15.9 Å². The molecule has 1 amide bonds. The zero-order valence-electron chi connectivity index (χ0n) is 18.0.